The molecule has 0 saturated heterocycles. The summed E-state index contributed by atoms with van der Waals surface area (Å²) in [6.45, 7) is 5.44. The first-order valence-corrected chi connectivity index (χ1v) is 6.13. The largest absolute Gasteiger partial charge is 0.378 e. The van der Waals surface area contributed by atoms with Crippen LogP contribution in [-0.2, 0) is 6.54 Å². The summed E-state index contributed by atoms with van der Waals surface area (Å²) in [6, 6.07) is 9.29. The maximum Gasteiger partial charge on any atom is 0.0364 e. The summed E-state index contributed by atoms with van der Waals surface area (Å²) in [5, 5.41) is 3.55. The molecule has 0 aliphatic heterocycles. The fourth-order valence-corrected chi connectivity index (χ4v) is 1.77. The van der Waals surface area contributed by atoms with Crippen LogP contribution >= 0.6 is 0 Å². The van der Waals surface area contributed by atoms with Crippen LogP contribution in [0, 0.1) is 0 Å². The molecule has 0 amide bonds. The van der Waals surface area contributed by atoms with E-state index in [0.29, 0.717) is 6.04 Å². The molecule has 1 N–H and O–H groups in total. The van der Waals surface area contributed by atoms with E-state index in [1.165, 1.54) is 24.1 Å². The summed E-state index contributed by atoms with van der Waals surface area (Å²) in [5.41, 5.74) is 2.62. The van der Waals surface area contributed by atoms with E-state index in [1.807, 2.05) is 0 Å². The van der Waals surface area contributed by atoms with Crippen LogP contribution in [0.25, 0.3) is 0 Å². The van der Waals surface area contributed by atoms with Crippen molar-refractivity contribution in [3.8, 4) is 0 Å². The van der Waals surface area contributed by atoms with Gasteiger partial charge in [0.15, 0.2) is 0 Å². The fraction of sp³-hybridized carbons (Fsp3) is 0.571. The predicted octanol–water partition coefficient (Wildman–Crippen LogP) is 3.03. The van der Waals surface area contributed by atoms with Gasteiger partial charge in [0.1, 0.15) is 0 Å². The van der Waals surface area contributed by atoms with Crippen molar-refractivity contribution in [1.82, 2.24) is 5.32 Å². The Balaban J connectivity index is 2.50. The van der Waals surface area contributed by atoms with Crippen LogP contribution < -0.4 is 10.2 Å². The molecule has 0 bridgehead atoms. The van der Waals surface area contributed by atoms with Crippen LogP contribution in [0.3, 0.4) is 0 Å². The number of anilines is 1. The molecule has 90 valence electrons. The Morgan fingerprint density at radius 3 is 2.69 bits per heavy atom. The summed E-state index contributed by atoms with van der Waals surface area (Å²) >= 11 is 0. The molecule has 2 nitrogen and oxygen atoms in total. The van der Waals surface area contributed by atoms with Crippen molar-refractivity contribution in [2.24, 2.45) is 0 Å². The highest BCUT2D eigenvalue weighted by Gasteiger charge is 2.01. The van der Waals surface area contributed by atoms with Gasteiger partial charge in [-0.05, 0) is 31.0 Å². The normalized spacial score (nSPS) is 12.5. The minimum absolute atomic E-state index is 0.605. The van der Waals surface area contributed by atoms with Gasteiger partial charge in [-0.1, -0.05) is 25.5 Å². The Labute approximate surface area is 99.7 Å². The average Bonchev–Trinajstić information content (AvgIpc) is 2.27. The molecule has 2 heteroatoms. The molecule has 0 aliphatic carbocycles. The topological polar surface area (TPSA) is 15.3 Å². The number of nitrogens with one attached hydrogen (secondary N) is 1. The molecule has 0 spiro atoms. The third-order valence-corrected chi connectivity index (χ3v) is 2.80. The zero-order chi connectivity index (χ0) is 12.0. The molecule has 0 heterocycles. The minimum atomic E-state index is 0.605. The van der Waals surface area contributed by atoms with Gasteiger partial charge in [0.05, 0.1) is 0 Å². The number of nitrogens with zero attached hydrogens (tertiary/aromatic N) is 1. The van der Waals surface area contributed by atoms with Crippen molar-refractivity contribution in [2.75, 3.05) is 19.0 Å². The van der Waals surface area contributed by atoms with E-state index in [9.17, 15) is 0 Å². The van der Waals surface area contributed by atoms with Gasteiger partial charge in [-0.3, -0.25) is 0 Å². The molecule has 0 saturated carbocycles. The summed E-state index contributed by atoms with van der Waals surface area (Å²) in [6.07, 6.45) is 2.49. The highest BCUT2D eigenvalue weighted by atomic mass is 15.1. The van der Waals surface area contributed by atoms with Crippen LogP contribution in [0.2, 0.25) is 0 Å². The van der Waals surface area contributed by atoms with Crippen LogP contribution in [-0.4, -0.2) is 20.1 Å². The molecule has 1 atom stereocenters. The quantitative estimate of drug-likeness (QED) is 0.792. The number of hydrogen-bond acceptors (Lipinski definition) is 2. The van der Waals surface area contributed by atoms with E-state index in [4.69, 9.17) is 0 Å². The zero-order valence-corrected chi connectivity index (χ0v) is 11.0. The molecule has 0 aliphatic rings. The Kier molecular flexibility index (Phi) is 5.33. The van der Waals surface area contributed by atoms with E-state index >= 15 is 0 Å². The van der Waals surface area contributed by atoms with Gasteiger partial charge in [0, 0.05) is 32.4 Å². The van der Waals surface area contributed by atoms with E-state index in [-0.39, 0.29) is 0 Å². The SMILES string of the molecule is CCCC(C)NCc1cccc(N(C)C)c1. The lowest BCUT2D eigenvalue weighted by molar-refractivity contribution is 0.508. The van der Waals surface area contributed by atoms with Crippen molar-refractivity contribution < 1.29 is 0 Å². The molecular formula is C14H24N2. The number of hydrogen-bond donors (Lipinski definition) is 1. The fourth-order valence-electron chi connectivity index (χ4n) is 1.77. The molecule has 1 aromatic rings. The molecule has 0 radical (unpaired) electrons. The highest BCUT2D eigenvalue weighted by molar-refractivity contribution is 5.47. The lowest BCUT2D eigenvalue weighted by atomic mass is 10.1. The van der Waals surface area contributed by atoms with Crippen molar-refractivity contribution in [2.45, 2.75) is 39.3 Å². The molecule has 1 unspecified atom stereocenters. The van der Waals surface area contributed by atoms with E-state index in [0.717, 1.165) is 6.54 Å². The van der Waals surface area contributed by atoms with Gasteiger partial charge >= 0.3 is 0 Å². The zero-order valence-electron chi connectivity index (χ0n) is 11.0. The summed E-state index contributed by atoms with van der Waals surface area (Å²) in [5.74, 6) is 0. The smallest absolute Gasteiger partial charge is 0.0364 e. The number of rotatable bonds is 6. The molecular weight excluding hydrogens is 196 g/mol. The van der Waals surface area contributed by atoms with Crippen molar-refractivity contribution in [1.29, 1.82) is 0 Å². The lowest BCUT2D eigenvalue weighted by Crippen LogP contribution is -2.25. The lowest BCUT2D eigenvalue weighted by Gasteiger charge is -2.16. The first kappa shape index (κ1) is 13.0. The second-order valence-electron chi connectivity index (χ2n) is 4.63. The molecule has 1 aromatic carbocycles. The summed E-state index contributed by atoms with van der Waals surface area (Å²) in [7, 11) is 4.15. The maximum atomic E-state index is 3.55. The van der Waals surface area contributed by atoms with Crippen molar-refractivity contribution >= 4 is 5.69 Å². The Morgan fingerprint density at radius 2 is 2.06 bits per heavy atom. The first-order chi connectivity index (χ1) is 7.63. The molecule has 0 aromatic heterocycles. The first-order valence-electron chi connectivity index (χ1n) is 6.13. The molecule has 16 heavy (non-hydrogen) atoms. The Hall–Kier alpha value is -1.02. The van der Waals surface area contributed by atoms with Crippen molar-refractivity contribution in [3.05, 3.63) is 29.8 Å². The van der Waals surface area contributed by atoms with Gasteiger partial charge in [0.2, 0.25) is 0 Å². The van der Waals surface area contributed by atoms with Crippen LogP contribution in [0.5, 0.6) is 0 Å². The van der Waals surface area contributed by atoms with Gasteiger partial charge in [0.25, 0.3) is 0 Å². The van der Waals surface area contributed by atoms with Crippen LogP contribution in [0.1, 0.15) is 32.3 Å². The van der Waals surface area contributed by atoms with E-state index in [1.54, 1.807) is 0 Å². The Morgan fingerprint density at radius 1 is 1.31 bits per heavy atom. The highest BCUT2D eigenvalue weighted by Crippen LogP contribution is 2.13. The van der Waals surface area contributed by atoms with Crippen LogP contribution in [0.4, 0.5) is 5.69 Å². The second kappa shape index (κ2) is 6.54. The van der Waals surface area contributed by atoms with Gasteiger partial charge in [-0.15, -0.1) is 0 Å². The second-order valence-corrected chi connectivity index (χ2v) is 4.63. The molecule has 0 fully saturated rings. The van der Waals surface area contributed by atoms with Gasteiger partial charge in [-0.25, -0.2) is 0 Å². The van der Waals surface area contributed by atoms with E-state index in [2.05, 4.69) is 62.4 Å². The van der Waals surface area contributed by atoms with Crippen molar-refractivity contribution in [3.63, 3.8) is 0 Å². The Bertz CT molecular complexity index is 307. The maximum absolute atomic E-state index is 3.55. The average molecular weight is 220 g/mol. The molecule has 1 rings (SSSR count). The summed E-state index contributed by atoms with van der Waals surface area (Å²) in [4.78, 5) is 2.14. The van der Waals surface area contributed by atoms with Gasteiger partial charge < -0.3 is 10.2 Å². The third-order valence-electron chi connectivity index (χ3n) is 2.80. The van der Waals surface area contributed by atoms with E-state index < -0.39 is 0 Å². The third kappa shape index (κ3) is 4.23. The van der Waals surface area contributed by atoms with Crippen LogP contribution in [0.15, 0.2) is 24.3 Å². The number of benzene rings is 1. The monoisotopic (exact) mass is 220 g/mol. The predicted molar refractivity (Wildman–Crippen MR) is 72.0 cm³/mol. The van der Waals surface area contributed by atoms with Gasteiger partial charge in [-0.2, -0.15) is 0 Å². The standard InChI is InChI=1S/C14H24N2/c1-5-7-12(2)15-11-13-8-6-9-14(10-13)16(3)4/h6,8-10,12,15H,5,7,11H2,1-4H3. The minimum Gasteiger partial charge on any atom is -0.378 e. The summed E-state index contributed by atoms with van der Waals surface area (Å²) < 4.78 is 0.